The average molecular weight is 870 g/mol. The van der Waals surface area contributed by atoms with Crippen LogP contribution in [0.15, 0.2) is 113 Å². The van der Waals surface area contributed by atoms with Crippen LogP contribution in [0.4, 0.5) is 22.9 Å². The number of hydrogen-bond acceptors (Lipinski definition) is 11. The lowest BCUT2D eigenvalue weighted by Gasteiger charge is -2.37. The van der Waals surface area contributed by atoms with Crippen molar-refractivity contribution in [3.05, 3.63) is 124 Å². The Labute approximate surface area is 362 Å². The standard InChI is InChI=1S/C45H53ClN8O4S2/c1-51(2)23-22-36(31-59-38-11-7-5-8-12-38)49-42-21-19-39(29-44(42)54(55)56)60(57,58)50-45-41-20-18-37(28-43(41)47-32-48-45)53-26-24-52(25-27-53)30-34-10-6-3-4-9-13-40(34)33-14-16-35(46)17-15-33/h5,7-8,11-12,14-21,28-29,32,36,49H,3-4,6,9-10,13,22-27,30-31H2,1-2H3,(H,47,48,50)/b40-34-. The van der Waals surface area contributed by atoms with Crippen LogP contribution in [0, 0.1) is 10.1 Å². The van der Waals surface area contributed by atoms with E-state index in [2.05, 4.69) is 46.8 Å². The molecule has 0 amide bonds. The van der Waals surface area contributed by atoms with E-state index in [-0.39, 0.29) is 28.1 Å². The molecule has 1 atom stereocenters. The van der Waals surface area contributed by atoms with Gasteiger partial charge in [0.2, 0.25) is 0 Å². The van der Waals surface area contributed by atoms with Gasteiger partial charge >= 0.3 is 0 Å². The number of nitrogens with one attached hydrogen (secondary N) is 2. The smallest absolute Gasteiger partial charge is 0.293 e. The number of aromatic nitrogens is 2. The number of rotatable bonds is 16. The quantitative estimate of drug-likeness (QED) is 0.0558. The fourth-order valence-electron chi connectivity index (χ4n) is 7.94. The average Bonchev–Trinajstić information content (AvgIpc) is 3.23. The fourth-order valence-corrected chi connectivity index (χ4v) is 10.1. The van der Waals surface area contributed by atoms with Crippen molar-refractivity contribution in [1.29, 1.82) is 0 Å². The van der Waals surface area contributed by atoms with Crippen LogP contribution in [0.5, 0.6) is 0 Å². The minimum atomic E-state index is -4.26. The van der Waals surface area contributed by atoms with Gasteiger partial charge < -0.3 is 15.1 Å². The fraction of sp³-hybridized carbons (Fsp3) is 0.378. The molecule has 60 heavy (non-hydrogen) atoms. The number of allylic oxidation sites excluding steroid dienone is 1. The van der Waals surface area contributed by atoms with Crippen molar-refractivity contribution in [2.24, 2.45) is 0 Å². The third kappa shape index (κ3) is 11.3. The number of nitro groups is 1. The molecule has 1 aliphatic carbocycles. The molecule has 1 aromatic heterocycles. The number of nitro benzene ring substituents is 1. The number of piperazine rings is 1. The Morgan fingerprint density at radius 2 is 1.65 bits per heavy atom. The Balaban J connectivity index is 1.02. The van der Waals surface area contributed by atoms with Gasteiger partial charge in [-0.25, -0.2) is 18.4 Å². The molecule has 0 saturated carbocycles. The summed E-state index contributed by atoms with van der Waals surface area (Å²) in [6.45, 7) is 5.29. The topological polar surface area (TPSA) is 137 Å². The van der Waals surface area contributed by atoms with Crippen LogP contribution < -0.4 is 14.9 Å². The summed E-state index contributed by atoms with van der Waals surface area (Å²) in [4.78, 5) is 28.4. The van der Waals surface area contributed by atoms with Gasteiger partial charge in [-0.15, -0.1) is 11.8 Å². The molecule has 0 spiro atoms. The SMILES string of the molecule is CN(C)CCC(CSc1ccccc1)Nc1ccc(S(=O)(=O)Nc2ncnc3cc(N4CCN(C/C5=C(\c6ccc(Cl)cc6)CCCCCC5)CC4)ccc23)cc1[N+](=O)[O-]. The van der Waals surface area contributed by atoms with E-state index in [0.29, 0.717) is 16.7 Å². The molecule has 0 radical (unpaired) electrons. The van der Waals surface area contributed by atoms with E-state index in [9.17, 15) is 18.5 Å². The normalized spacial score (nSPS) is 17.3. The van der Waals surface area contributed by atoms with Crippen molar-refractivity contribution >= 4 is 72.7 Å². The lowest BCUT2D eigenvalue weighted by molar-refractivity contribution is -0.384. The minimum Gasteiger partial charge on any atom is -0.376 e. The minimum absolute atomic E-state index is 0.104. The number of nitrogens with zero attached hydrogens (tertiary/aromatic N) is 6. The molecule has 2 N–H and O–H groups in total. The Hall–Kier alpha value is -4.73. The number of fused-ring (bicyclic) bond motifs is 1. The number of sulfonamides is 1. The number of hydrogen-bond donors (Lipinski definition) is 2. The van der Waals surface area contributed by atoms with E-state index in [1.807, 2.05) is 74.8 Å². The summed E-state index contributed by atoms with van der Waals surface area (Å²) in [6.07, 6.45) is 9.28. The largest absolute Gasteiger partial charge is 0.376 e. The highest BCUT2D eigenvalue weighted by Gasteiger charge is 2.26. The Morgan fingerprint density at radius 3 is 2.38 bits per heavy atom. The highest BCUT2D eigenvalue weighted by Crippen LogP contribution is 2.34. The summed E-state index contributed by atoms with van der Waals surface area (Å²) in [5, 5.41) is 17.0. The summed E-state index contributed by atoms with van der Waals surface area (Å²) < 4.78 is 30.2. The van der Waals surface area contributed by atoms with Gasteiger partial charge in [0.15, 0.2) is 5.82 Å². The summed E-state index contributed by atoms with van der Waals surface area (Å²) in [5.41, 5.74) is 5.85. The van der Waals surface area contributed by atoms with Crippen molar-refractivity contribution < 1.29 is 13.3 Å². The molecule has 1 aliphatic heterocycles. The van der Waals surface area contributed by atoms with E-state index in [4.69, 9.17) is 11.6 Å². The van der Waals surface area contributed by atoms with Crippen LogP contribution >= 0.6 is 23.4 Å². The molecule has 1 fully saturated rings. The van der Waals surface area contributed by atoms with Gasteiger partial charge in [0.1, 0.15) is 12.0 Å². The van der Waals surface area contributed by atoms with Gasteiger partial charge in [-0.05, 0) is 118 Å². The molecule has 1 saturated heterocycles. The second kappa shape index (κ2) is 20.2. The maximum Gasteiger partial charge on any atom is 0.293 e. The van der Waals surface area contributed by atoms with E-state index < -0.39 is 14.9 Å². The lowest BCUT2D eigenvalue weighted by atomic mass is 9.88. The molecule has 1 unspecified atom stereocenters. The molecule has 15 heteroatoms. The van der Waals surface area contributed by atoms with Gasteiger partial charge in [0.25, 0.3) is 15.7 Å². The first-order valence-corrected chi connectivity index (χ1v) is 23.5. The predicted octanol–water partition coefficient (Wildman–Crippen LogP) is 9.45. The molecule has 316 valence electrons. The lowest BCUT2D eigenvalue weighted by Crippen LogP contribution is -2.47. The van der Waals surface area contributed by atoms with Gasteiger partial charge in [0, 0.05) is 71.6 Å². The van der Waals surface area contributed by atoms with Gasteiger partial charge in [0.05, 0.1) is 15.3 Å². The second-order valence-electron chi connectivity index (χ2n) is 15.8. The highest BCUT2D eigenvalue weighted by molar-refractivity contribution is 7.99. The van der Waals surface area contributed by atoms with Crippen molar-refractivity contribution in [3.8, 4) is 0 Å². The van der Waals surface area contributed by atoms with Crippen molar-refractivity contribution in [3.63, 3.8) is 0 Å². The van der Waals surface area contributed by atoms with Crippen LogP contribution in [0.2, 0.25) is 5.02 Å². The first-order valence-electron chi connectivity index (χ1n) is 20.6. The monoisotopic (exact) mass is 868 g/mol. The van der Waals surface area contributed by atoms with Crippen molar-refractivity contribution in [2.75, 3.05) is 74.1 Å². The molecule has 4 aromatic carbocycles. The zero-order chi connectivity index (χ0) is 42.1. The van der Waals surface area contributed by atoms with E-state index in [0.717, 1.165) is 80.2 Å². The number of anilines is 3. The van der Waals surface area contributed by atoms with E-state index in [1.54, 1.807) is 17.3 Å². The van der Waals surface area contributed by atoms with Crippen LogP contribution in [0.25, 0.3) is 16.5 Å². The maximum atomic E-state index is 13.8. The predicted molar refractivity (Wildman–Crippen MR) is 246 cm³/mol. The number of benzene rings is 4. The maximum absolute atomic E-state index is 13.8. The van der Waals surface area contributed by atoms with Gasteiger partial charge in [-0.3, -0.25) is 19.7 Å². The molecular weight excluding hydrogens is 816 g/mol. The van der Waals surface area contributed by atoms with Crippen LogP contribution in [0.3, 0.4) is 0 Å². The molecule has 7 rings (SSSR count). The summed E-state index contributed by atoms with van der Waals surface area (Å²) >= 11 is 7.89. The van der Waals surface area contributed by atoms with Crippen LogP contribution in [-0.4, -0.2) is 98.3 Å². The first-order chi connectivity index (χ1) is 29.0. The molecule has 12 nitrogen and oxygen atoms in total. The molecular formula is C45H53ClN8O4S2. The van der Waals surface area contributed by atoms with Crippen LogP contribution in [0.1, 0.15) is 50.5 Å². The van der Waals surface area contributed by atoms with E-state index >= 15 is 0 Å². The zero-order valence-corrected chi connectivity index (χ0v) is 36.6. The van der Waals surface area contributed by atoms with Crippen LogP contribution in [-0.2, 0) is 10.0 Å². The number of halogens is 1. The number of thioether (sulfide) groups is 1. The van der Waals surface area contributed by atoms with Gasteiger partial charge in [-0.1, -0.05) is 60.3 Å². The highest BCUT2D eigenvalue weighted by atomic mass is 35.5. The van der Waals surface area contributed by atoms with Crippen molar-refractivity contribution in [2.45, 2.75) is 60.8 Å². The summed E-state index contributed by atoms with van der Waals surface area (Å²) in [5.74, 6) is 0.771. The van der Waals surface area contributed by atoms with E-state index in [1.165, 1.54) is 55.3 Å². The molecule has 2 heterocycles. The summed E-state index contributed by atoms with van der Waals surface area (Å²) in [7, 11) is -0.297. The Bertz CT molecular complexity index is 2390. The first kappa shape index (κ1) is 43.4. The summed E-state index contributed by atoms with van der Waals surface area (Å²) in [6, 6.07) is 27.9. The molecule has 2 aliphatic rings. The third-order valence-electron chi connectivity index (χ3n) is 11.2. The van der Waals surface area contributed by atoms with Crippen molar-refractivity contribution in [1.82, 2.24) is 19.8 Å². The third-order valence-corrected chi connectivity index (χ3v) is 14.0. The second-order valence-corrected chi connectivity index (χ2v) is 19.0. The zero-order valence-electron chi connectivity index (χ0n) is 34.2. The Kier molecular flexibility index (Phi) is 14.6. The Morgan fingerprint density at radius 1 is 0.900 bits per heavy atom. The molecule has 5 aromatic rings. The van der Waals surface area contributed by atoms with Gasteiger partial charge in [-0.2, -0.15) is 0 Å². The molecule has 0 bridgehead atoms.